The van der Waals surface area contributed by atoms with E-state index in [1.54, 1.807) is 43.5 Å². The van der Waals surface area contributed by atoms with Gasteiger partial charge in [0.05, 0.1) is 19.9 Å². The molecule has 190 valence electrons. The third-order valence-electron chi connectivity index (χ3n) is 5.34. The average molecular weight is 523 g/mol. The third-order valence-corrected chi connectivity index (χ3v) is 5.59. The second kappa shape index (κ2) is 11.5. The number of hydrogen-bond donors (Lipinski definition) is 1. The van der Waals surface area contributed by atoms with Crippen molar-refractivity contribution in [2.45, 2.75) is 0 Å². The lowest BCUT2D eigenvalue weighted by Gasteiger charge is -2.26. The van der Waals surface area contributed by atoms with Crippen molar-refractivity contribution in [3.05, 3.63) is 82.9 Å². The Balaban J connectivity index is 1.46. The van der Waals surface area contributed by atoms with Crippen LogP contribution in [-0.4, -0.2) is 45.3 Å². The molecule has 9 nitrogen and oxygen atoms in total. The van der Waals surface area contributed by atoms with Crippen LogP contribution in [0.5, 0.6) is 23.0 Å². The summed E-state index contributed by atoms with van der Waals surface area (Å²) in [5.41, 5.74) is 0.570. The molecule has 1 heterocycles. The highest BCUT2D eigenvalue weighted by Gasteiger charge is 2.36. The Bertz CT molecular complexity index is 1360. The number of carbonyl (C=O) groups excluding carboxylic acids is 3. The molecule has 1 N–H and O–H groups in total. The number of amides is 4. The zero-order valence-corrected chi connectivity index (χ0v) is 20.8. The van der Waals surface area contributed by atoms with E-state index in [0.717, 1.165) is 4.90 Å². The number of urea groups is 1. The summed E-state index contributed by atoms with van der Waals surface area (Å²) >= 11 is 5.90. The molecule has 0 atom stereocenters. The third kappa shape index (κ3) is 6.02. The Kier molecular flexibility index (Phi) is 7.95. The van der Waals surface area contributed by atoms with E-state index in [-0.39, 0.29) is 24.5 Å². The largest absolute Gasteiger partial charge is 0.497 e. The molecule has 0 spiro atoms. The molecule has 0 radical (unpaired) electrons. The Morgan fingerprint density at radius 3 is 2.30 bits per heavy atom. The fraction of sp³-hybridized carbons (Fsp3) is 0.148. The number of carbonyl (C=O) groups is 3. The van der Waals surface area contributed by atoms with Crippen molar-refractivity contribution in [3.8, 4) is 23.0 Å². The van der Waals surface area contributed by atoms with Crippen molar-refractivity contribution in [1.29, 1.82) is 0 Å². The number of nitrogens with one attached hydrogen (secondary N) is 1. The van der Waals surface area contributed by atoms with E-state index in [2.05, 4.69) is 5.32 Å². The summed E-state index contributed by atoms with van der Waals surface area (Å²) in [5.74, 6) is 0.634. The van der Waals surface area contributed by atoms with E-state index in [9.17, 15) is 14.4 Å². The monoisotopic (exact) mass is 522 g/mol. The van der Waals surface area contributed by atoms with Gasteiger partial charge in [-0.05, 0) is 60.2 Å². The van der Waals surface area contributed by atoms with Crippen molar-refractivity contribution in [1.82, 2.24) is 5.32 Å². The maximum absolute atomic E-state index is 13.1. The zero-order chi connectivity index (χ0) is 26.4. The molecule has 0 bridgehead atoms. The molecule has 1 aliphatic heterocycles. The first-order valence-corrected chi connectivity index (χ1v) is 11.5. The van der Waals surface area contributed by atoms with Crippen LogP contribution in [0, 0.1) is 0 Å². The lowest BCUT2D eigenvalue weighted by molar-refractivity contribution is -0.122. The van der Waals surface area contributed by atoms with Gasteiger partial charge in [-0.3, -0.25) is 14.9 Å². The number of barbiturate groups is 1. The Morgan fingerprint density at radius 1 is 0.838 bits per heavy atom. The molecule has 0 aromatic heterocycles. The molecule has 4 amide bonds. The predicted molar refractivity (Wildman–Crippen MR) is 137 cm³/mol. The zero-order valence-electron chi connectivity index (χ0n) is 20.0. The normalized spacial score (nSPS) is 14.4. The summed E-state index contributed by atoms with van der Waals surface area (Å²) in [6.45, 7) is 0.526. The number of benzene rings is 3. The van der Waals surface area contributed by atoms with Crippen molar-refractivity contribution in [2.75, 3.05) is 32.3 Å². The molecule has 3 aromatic carbocycles. The molecule has 37 heavy (non-hydrogen) atoms. The van der Waals surface area contributed by atoms with Crippen LogP contribution >= 0.6 is 11.6 Å². The smallest absolute Gasteiger partial charge is 0.335 e. The van der Waals surface area contributed by atoms with Gasteiger partial charge in [0.15, 0.2) is 11.5 Å². The maximum Gasteiger partial charge on any atom is 0.335 e. The van der Waals surface area contributed by atoms with Crippen LogP contribution < -0.4 is 29.2 Å². The van der Waals surface area contributed by atoms with Crippen LogP contribution in [0.2, 0.25) is 5.02 Å². The van der Waals surface area contributed by atoms with Gasteiger partial charge in [0, 0.05) is 11.1 Å². The van der Waals surface area contributed by atoms with Gasteiger partial charge in [-0.25, -0.2) is 9.69 Å². The number of halogens is 1. The van der Waals surface area contributed by atoms with Crippen molar-refractivity contribution in [2.24, 2.45) is 0 Å². The van der Waals surface area contributed by atoms with E-state index in [4.69, 9.17) is 30.5 Å². The quantitative estimate of drug-likeness (QED) is 0.251. The van der Waals surface area contributed by atoms with Gasteiger partial charge >= 0.3 is 6.03 Å². The van der Waals surface area contributed by atoms with Crippen LogP contribution in [0.4, 0.5) is 10.5 Å². The second-order valence-corrected chi connectivity index (χ2v) is 8.16. The van der Waals surface area contributed by atoms with Gasteiger partial charge in [-0.1, -0.05) is 23.7 Å². The number of nitrogens with zero attached hydrogens (tertiary/aromatic N) is 1. The summed E-state index contributed by atoms with van der Waals surface area (Å²) in [5, 5.41) is 2.63. The number of hydrogen-bond acceptors (Lipinski definition) is 7. The number of anilines is 1. The van der Waals surface area contributed by atoms with E-state index < -0.39 is 17.8 Å². The molecular weight excluding hydrogens is 500 g/mol. The fourth-order valence-corrected chi connectivity index (χ4v) is 3.67. The number of methoxy groups -OCH3 is 2. The van der Waals surface area contributed by atoms with Crippen molar-refractivity contribution < 1.29 is 33.3 Å². The first kappa shape index (κ1) is 25.6. The van der Waals surface area contributed by atoms with Gasteiger partial charge in [-0.2, -0.15) is 0 Å². The summed E-state index contributed by atoms with van der Waals surface area (Å²) in [7, 11) is 3.06. The number of rotatable bonds is 9. The van der Waals surface area contributed by atoms with Gasteiger partial charge in [0.1, 0.15) is 30.3 Å². The molecular formula is C27H23ClN2O7. The number of ether oxygens (including phenoxy) is 4. The minimum atomic E-state index is -0.841. The van der Waals surface area contributed by atoms with Crippen LogP contribution in [0.3, 0.4) is 0 Å². The highest BCUT2D eigenvalue weighted by molar-refractivity contribution is 6.39. The van der Waals surface area contributed by atoms with E-state index in [1.165, 1.54) is 25.3 Å². The first-order chi connectivity index (χ1) is 17.9. The highest BCUT2D eigenvalue weighted by atomic mass is 35.5. The highest BCUT2D eigenvalue weighted by Crippen LogP contribution is 2.30. The molecule has 3 aromatic rings. The van der Waals surface area contributed by atoms with Crippen LogP contribution in [0.25, 0.3) is 6.08 Å². The first-order valence-electron chi connectivity index (χ1n) is 11.1. The van der Waals surface area contributed by atoms with Crippen LogP contribution in [-0.2, 0) is 9.59 Å². The molecule has 1 saturated heterocycles. The molecule has 4 rings (SSSR count). The van der Waals surface area contributed by atoms with Gasteiger partial charge in [0.25, 0.3) is 11.8 Å². The lowest BCUT2D eigenvalue weighted by Crippen LogP contribution is -2.54. The molecule has 0 saturated carbocycles. The minimum absolute atomic E-state index is 0.211. The molecule has 10 heteroatoms. The van der Waals surface area contributed by atoms with Gasteiger partial charge in [0.2, 0.25) is 0 Å². The molecule has 1 fully saturated rings. The maximum atomic E-state index is 13.1. The lowest BCUT2D eigenvalue weighted by atomic mass is 10.1. The van der Waals surface area contributed by atoms with E-state index >= 15 is 0 Å². The predicted octanol–water partition coefficient (Wildman–Crippen LogP) is 4.48. The van der Waals surface area contributed by atoms with Gasteiger partial charge in [-0.15, -0.1) is 0 Å². The fourth-order valence-electron chi connectivity index (χ4n) is 3.54. The van der Waals surface area contributed by atoms with Gasteiger partial charge < -0.3 is 18.9 Å². The Hall–Kier alpha value is -4.50. The summed E-state index contributed by atoms with van der Waals surface area (Å²) in [4.78, 5) is 38.7. The molecule has 0 unspecified atom stereocenters. The van der Waals surface area contributed by atoms with E-state index in [0.29, 0.717) is 33.6 Å². The Morgan fingerprint density at radius 2 is 1.57 bits per heavy atom. The summed E-state index contributed by atoms with van der Waals surface area (Å²) in [6.07, 6.45) is 1.38. The van der Waals surface area contributed by atoms with E-state index in [1.807, 2.05) is 18.2 Å². The van der Waals surface area contributed by atoms with Crippen LogP contribution in [0.1, 0.15) is 5.56 Å². The second-order valence-electron chi connectivity index (χ2n) is 7.72. The molecule has 0 aliphatic carbocycles. The Labute approximate surface area is 218 Å². The van der Waals surface area contributed by atoms with Crippen molar-refractivity contribution in [3.63, 3.8) is 0 Å². The molecule has 1 aliphatic rings. The van der Waals surface area contributed by atoms with Crippen LogP contribution in [0.15, 0.2) is 72.3 Å². The summed E-state index contributed by atoms with van der Waals surface area (Å²) < 4.78 is 22.1. The minimum Gasteiger partial charge on any atom is -0.497 e. The standard InChI is InChI=1S/C27H23ClN2O7/c1-34-20-4-3-5-21(16-20)36-12-13-37-23-11-6-17(15-24(23)35-2)14-22-25(31)29-27(33)30(26(22)32)19-9-7-18(28)8-10-19/h3-11,14-16H,12-13H2,1-2H3,(H,29,31,33)/b22-14-. The number of imide groups is 2. The average Bonchev–Trinajstić information content (AvgIpc) is 2.90. The summed E-state index contributed by atoms with van der Waals surface area (Å²) in [6, 6.07) is 17.5. The van der Waals surface area contributed by atoms with Crippen molar-refractivity contribution >= 4 is 41.2 Å². The SMILES string of the molecule is COc1cccc(OCCOc2ccc(/C=C3/C(=O)NC(=O)N(c4ccc(Cl)cc4)C3=O)cc2OC)c1. The topological polar surface area (TPSA) is 103 Å².